The van der Waals surface area contributed by atoms with Crippen LogP contribution in [0.1, 0.15) is 74.5 Å². The van der Waals surface area contributed by atoms with Crippen molar-refractivity contribution in [2.75, 3.05) is 0 Å². The first-order valence-electron chi connectivity index (χ1n) is 16.5. The van der Waals surface area contributed by atoms with E-state index in [0.29, 0.717) is 27.9 Å². The molecule has 18 heteroatoms. The molecule has 1 aromatic heterocycles. The third kappa shape index (κ3) is 10.5. The topological polar surface area (TPSA) is 200 Å². The highest BCUT2D eigenvalue weighted by Gasteiger charge is 2.47. The first-order chi connectivity index (χ1) is 25.7. The number of rotatable bonds is 6. The number of aliphatic carboxylic acids is 1. The molecule has 54 heavy (non-hydrogen) atoms. The highest BCUT2D eigenvalue weighted by atomic mass is 35.5. The zero-order valence-corrected chi connectivity index (χ0v) is 31.0. The van der Waals surface area contributed by atoms with Gasteiger partial charge in [-0.1, -0.05) is 90.5 Å². The van der Waals surface area contributed by atoms with E-state index in [1.54, 1.807) is 48.5 Å². The van der Waals surface area contributed by atoms with Crippen LogP contribution in [0.25, 0.3) is 0 Å². The number of amides is 1. The predicted octanol–water partition coefficient (Wildman–Crippen LogP) is 6.96. The fourth-order valence-corrected chi connectivity index (χ4v) is 6.59. The minimum absolute atomic E-state index is 0.101. The molecule has 3 aliphatic carbocycles. The second kappa shape index (κ2) is 19.9. The number of carbonyl (C=O) groups excluding carboxylic acids is 2. The number of benzene rings is 3. The lowest BCUT2D eigenvalue weighted by Gasteiger charge is -2.40. The van der Waals surface area contributed by atoms with E-state index in [4.69, 9.17) is 40.6 Å². The van der Waals surface area contributed by atoms with Crippen LogP contribution in [0.4, 0.5) is 17.6 Å². The third-order valence-electron chi connectivity index (χ3n) is 9.72. The minimum atomic E-state index is -1.46. The van der Waals surface area contributed by atoms with Gasteiger partial charge >= 0.3 is 30.2 Å². The van der Waals surface area contributed by atoms with Crippen LogP contribution in [-0.2, 0) is 30.6 Å². The Kier molecular flexibility index (Phi) is 16.3. The molecule has 8 N–H and O–H groups in total. The van der Waals surface area contributed by atoms with Crippen LogP contribution >= 0.6 is 34.8 Å². The lowest BCUT2D eigenvalue weighted by molar-refractivity contribution is -0.147. The van der Waals surface area contributed by atoms with E-state index in [1.165, 1.54) is 0 Å². The van der Waals surface area contributed by atoms with Crippen molar-refractivity contribution >= 4 is 52.7 Å². The summed E-state index contributed by atoms with van der Waals surface area (Å²) in [5.41, 5.74) is 2.97. The molecular weight excluding hydrogens is 777 g/mol. The van der Waals surface area contributed by atoms with Crippen LogP contribution in [0.2, 0.25) is 15.1 Å². The first-order valence-corrected chi connectivity index (χ1v) is 17.6. The van der Waals surface area contributed by atoms with E-state index in [0.717, 1.165) is 61.6 Å². The number of hydrogen-bond donors (Lipinski definition) is 5. The number of aromatic nitrogens is 3. The molecular formula is C36H38Cl3F4N7O4. The van der Waals surface area contributed by atoms with Crippen molar-refractivity contribution in [2.24, 2.45) is 17.5 Å². The van der Waals surface area contributed by atoms with E-state index in [9.17, 15) is 37.1 Å². The van der Waals surface area contributed by atoms with Gasteiger partial charge in [0.05, 0.1) is 16.2 Å². The number of nitrogens with zero attached hydrogens (tertiary/aromatic N) is 3. The van der Waals surface area contributed by atoms with Gasteiger partial charge in [-0.3, -0.25) is 31.5 Å². The summed E-state index contributed by atoms with van der Waals surface area (Å²) in [7, 11) is 0. The van der Waals surface area contributed by atoms with Gasteiger partial charge in [-0.05, 0) is 91.6 Å². The van der Waals surface area contributed by atoms with Gasteiger partial charge in [0, 0.05) is 15.1 Å². The summed E-state index contributed by atoms with van der Waals surface area (Å²) in [5, 5.41) is 11.1. The molecule has 0 bridgehead atoms. The van der Waals surface area contributed by atoms with Gasteiger partial charge in [0.15, 0.2) is 0 Å². The molecule has 7 rings (SSSR count). The van der Waals surface area contributed by atoms with E-state index in [2.05, 4.69) is 32.1 Å². The Labute approximate surface area is 323 Å². The van der Waals surface area contributed by atoms with Crippen molar-refractivity contribution in [3.8, 4) is 0 Å². The van der Waals surface area contributed by atoms with Crippen molar-refractivity contribution in [3.05, 3.63) is 123 Å². The SMILES string of the molecule is Fc1nc(F)nc(F)n1.NN.NNC(=O)C1(c2ccc(Cl)cc2)CCC1.O=C(F)C1(c2ccc(Cl)cc2)CCC1.O=C(O)C1(c2ccc(Cl)cc2)CCC1. The molecule has 0 saturated heterocycles. The standard InChI is InChI=1S/C11H10ClFO.C11H13ClN2O.C11H11ClO2.C3F3N3.H4N2/c12-9-4-2-8(3-5-9)11(10(13)14)6-1-7-11;12-9-4-2-8(3-5-9)11(6-1-7-11)10(15)14-13;12-9-4-2-8(3-5-9)11(10(13)14)6-1-7-11;4-1-7-2(5)9-3(6)8-1;1-2/h2-5H,1,6-7H2;2-5H,1,6-7,13H2,(H,14,15);2-5H,1,6-7H2,(H,13,14);;1-2H2. The van der Waals surface area contributed by atoms with Crippen LogP contribution in [0.15, 0.2) is 72.8 Å². The van der Waals surface area contributed by atoms with Crippen molar-refractivity contribution in [2.45, 2.75) is 74.0 Å². The summed E-state index contributed by atoms with van der Waals surface area (Å²) in [5.74, 6) is 12.4. The molecule has 1 amide bonds. The first kappa shape index (κ1) is 44.1. The van der Waals surface area contributed by atoms with Gasteiger partial charge in [-0.2, -0.15) is 32.5 Å². The van der Waals surface area contributed by atoms with E-state index in [1.807, 2.05) is 24.3 Å². The lowest BCUT2D eigenvalue weighted by Crippen LogP contribution is -2.51. The smallest absolute Gasteiger partial charge is 0.316 e. The molecule has 0 aliphatic heterocycles. The van der Waals surface area contributed by atoms with Gasteiger partial charge in [-0.15, -0.1) is 0 Å². The van der Waals surface area contributed by atoms with Crippen LogP contribution in [-0.4, -0.2) is 38.0 Å². The number of halogens is 7. The second-order valence-electron chi connectivity index (χ2n) is 12.5. The molecule has 3 aliphatic rings. The summed E-state index contributed by atoms with van der Waals surface area (Å²) >= 11 is 17.3. The van der Waals surface area contributed by atoms with Crippen LogP contribution in [0.5, 0.6) is 0 Å². The maximum Gasteiger partial charge on any atom is 0.316 e. The van der Waals surface area contributed by atoms with E-state index in [-0.39, 0.29) is 5.91 Å². The van der Waals surface area contributed by atoms with Crippen molar-refractivity contribution in [1.82, 2.24) is 20.4 Å². The Morgan fingerprint density at radius 3 is 1.07 bits per heavy atom. The molecule has 3 fully saturated rings. The Balaban J connectivity index is 0.000000193. The van der Waals surface area contributed by atoms with Crippen molar-refractivity contribution in [3.63, 3.8) is 0 Å². The zero-order valence-electron chi connectivity index (χ0n) is 28.7. The van der Waals surface area contributed by atoms with E-state index >= 15 is 0 Å². The number of carboxylic acid groups (broad SMARTS) is 1. The fraction of sp³-hybridized carbons (Fsp3) is 0.333. The molecule has 1 heterocycles. The molecule has 3 aromatic carbocycles. The summed E-state index contributed by atoms with van der Waals surface area (Å²) in [6.45, 7) is 0. The molecule has 11 nitrogen and oxygen atoms in total. The fourth-order valence-electron chi connectivity index (χ4n) is 6.21. The highest BCUT2D eigenvalue weighted by Crippen LogP contribution is 2.46. The van der Waals surface area contributed by atoms with Gasteiger partial charge in [-0.25, -0.2) is 5.84 Å². The number of carboxylic acids is 1. The molecule has 290 valence electrons. The Morgan fingerprint density at radius 2 is 0.852 bits per heavy atom. The normalized spacial score (nSPS) is 16.4. The Bertz CT molecular complexity index is 1740. The predicted molar refractivity (Wildman–Crippen MR) is 195 cm³/mol. The van der Waals surface area contributed by atoms with Gasteiger partial charge in [0.25, 0.3) is 0 Å². The summed E-state index contributed by atoms with van der Waals surface area (Å²) in [6.07, 6.45) is 3.03. The third-order valence-corrected chi connectivity index (χ3v) is 10.5. The van der Waals surface area contributed by atoms with Crippen LogP contribution in [0.3, 0.4) is 0 Å². The highest BCUT2D eigenvalue weighted by molar-refractivity contribution is 6.31. The lowest BCUT2D eigenvalue weighted by atomic mass is 9.64. The summed E-state index contributed by atoms with van der Waals surface area (Å²) in [4.78, 5) is 41.1. The maximum absolute atomic E-state index is 12.9. The van der Waals surface area contributed by atoms with Crippen LogP contribution < -0.4 is 23.0 Å². The number of nitrogens with two attached hydrogens (primary N) is 3. The molecule has 4 aromatic rings. The molecule has 0 unspecified atom stereocenters. The Morgan fingerprint density at radius 1 is 0.574 bits per heavy atom. The van der Waals surface area contributed by atoms with E-state index < -0.39 is 46.5 Å². The summed E-state index contributed by atoms with van der Waals surface area (Å²) in [6, 6.07) is 20.2. The number of hydrogen-bond acceptors (Lipinski definition) is 9. The molecule has 0 spiro atoms. The average molecular weight is 815 g/mol. The molecule has 0 radical (unpaired) electrons. The quantitative estimate of drug-likeness (QED) is 0.0446. The largest absolute Gasteiger partial charge is 0.481 e. The van der Waals surface area contributed by atoms with Crippen molar-refractivity contribution < 1.29 is 37.1 Å². The monoisotopic (exact) mass is 813 g/mol. The zero-order chi connectivity index (χ0) is 40.1. The number of hydrazine groups is 2. The number of carbonyl (C=O) groups is 3. The second-order valence-corrected chi connectivity index (χ2v) is 13.8. The Hall–Kier alpha value is -4.25. The van der Waals surface area contributed by atoms with Gasteiger partial charge in [0.1, 0.15) is 0 Å². The average Bonchev–Trinajstić information content (AvgIpc) is 3.06. The number of nitrogens with one attached hydrogen (secondary N) is 1. The summed E-state index contributed by atoms with van der Waals surface area (Å²) < 4.78 is 48.0. The van der Waals surface area contributed by atoms with Gasteiger partial charge < -0.3 is 5.11 Å². The maximum atomic E-state index is 12.9. The molecule has 0 atom stereocenters. The minimum Gasteiger partial charge on any atom is -0.481 e. The van der Waals surface area contributed by atoms with Crippen LogP contribution in [0, 0.1) is 18.2 Å². The molecule has 3 saturated carbocycles. The van der Waals surface area contributed by atoms with Gasteiger partial charge in [0.2, 0.25) is 5.91 Å². The van der Waals surface area contributed by atoms with Crippen molar-refractivity contribution in [1.29, 1.82) is 0 Å².